The molecule has 0 unspecified atom stereocenters. The Morgan fingerprint density at radius 3 is 2.60 bits per heavy atom. The summed E-state index contributed by atoms with van der Waals surface area (Å²) >= 11 is 2.11. The normalized spacial score (nSPS) is 17.7. The maximum absolute atomic E-state index is 2.27. The minimum atomic E-state index is 1.36. The van der Waals surface area contributed by atoms with E-state index in [-0.39, 0.29) is 0 Å². The molecule has 10 heavy (non-hydrogen) atoms. The van der Waals surface area contributed by atoms with Gasteiger partial charge in [0.25, 0.3) is 0 Å². The maximum atomic E-state index is 2.27. The summed E-state index contributed by atoms with van der Waals surface area (Å²) in [4.78, 5) is 0. The molecule has 1 aliphatic carbocycles. The van der Waals surface area contributed by atoms with E-state index in [1.54, 1.807) is 5.25 Å². The Balaban J connectivity index is 1.68. The third kappa shape index (κ3) is 4.21. The molecule has 1 fully saturated rings. The monoisotopic (exact) mass is 157 g/mol. The number of unbranched alkanes of at least 4 members (excludes halogenated alkanes) is 3. The van der Waals surface area contributed by atoms with Gasteiger partial charge >= 0.3 is 0 Å². The summed E-state index contributed by atoms with van der Waals surface area (Å²) in [6.07, 6.45) is 8.49. The first-order valence-corrected chi connectivity index (χ1v) is 5.39. The Morgan fingerprint density at radius 1 is 1.20 bits per heavy atom. The van der Waals surface area contributed by atoms with Crippen molar-refractivity contribution in [1.82, 2.24) is 0 Å². The fraction of sp³-hybridized carbons (Fsp3) is 0.889. The SMILES string of the molecule is CCCCCCS[C]1CC1. The molecule has 0 aliphatic heterocycles. The van der Waals surface area contributed by atoms with Crippen molar-refractivity contribution in [3.63, 3.8) is 0 Å². The zero-order valence-corrected chi connectivity index (χ0v) is 7.67. The van der Waals surface area contributed by atoms with Crippen LogP contribution in [0.3, 0.4) is 0 Å². The number of hydrogen-bond donors (Lipinski definition) is 0. The predicted octanol–water partition coefficient (Wildman–Crippen LogP) is 3.63. The molecule has 0 N–H and O–H groups in total. The Kier molecular flexibility index (Phi) is 4.27. The van der Waals surface area contributed by atoms with Gasteiger partial charge in [-0.05, 0) is 25.0 Å². The lowest BCUT2D eigenvalue weighted by Crippen LogP contribution is -1.79. The summed E-state index contributed by atoms with van der Waals surface area (Å²) in [5.41, 5.74) is 0. The molecular formula is C9H17S. The van der Waals surface area contributed by atoms with Gasteiger partial charge in [-0.2, -0.15) is 11.8 Å². The lowest BCUT2D eigenvalue weighted by atomic mass is 10.2. The molecule has 0 spiro atoms. The van der Waals surface area contributed by atoms with Crippen molar-refractivity contribution in [1.29, 1.82) is 0 Å². The molecule has 0 aromatic rings. The van der Waals surface area contributed by atoms with E-state index in [1.165, 1.54) is 44.3 Å². The average Bonchev–Trinajstić information content (AvgIpc) is 2.71. The highest BCUT2D eigenvalue weighted by Gasteiger charge is 2.21. The van der Waals surface area contributed by atoms with Crippen molar-refractivity contribution >= 4 is 11.8 Å². The number of thioether (sulfide) groups is 1. The van der Waals surface area contributed by atoms with Crippen LogP contribution in [0.25, 0.3) is 0 Å². The van der Waals surface area contributed by atoms with Crippen LogP contribution >= 0.6 is 11.8 Å². The summed E-state index contributed by atoms with van der Waals surface area (Å²) in [7, 11) is 0. The Morgan fingerprint density at radius 2 is 2.00 bits per heavy atom. The second-order valence-electron chi connectivity index (χ2n) is 2.95. The van der Waals surface area contributed by atoms with Crippen LogP contribution in [0.15, 0.2) is 0 Å². The fourth-order valence-electron chi connectivity index (χ4n) is 0.941. The smallest absolute Gasteiger partial charge is 0.0307 e. The van der Waals surface area contributed by atoms with Crippen LogP contribution in [0.4, 0.5) is 0 Å². The highest BCUT2D eigenvalue weighted by molar-refractivity contribution is 8.02. The van der Waals surface area contributed by atoms with Crippen LogP contribution < -0.4 is 0 Å². The Hall–Kier alpha value is 0.350. The number of hydrogen-bond acceptors (Lipinski definition) is 1. The lowest BCUT2D eigenvalue weighted by molar-refractivity contribution is 0.707. The Labute approximate surface area is 68.8 Å². The van der Waals surface area contributed by atoms with E-state index >= 15 is 0 Å². The van der Waals surface area contributed by atoms with Gasteiger partial charge in [-0.25, -0.2) is 0 Å². The second-order valence-corrected chi connectivity index (χ2v) is 4.22. The molecule has 1 heteroatoms. The van der Waals surface area contributed by atoms with Crippen LogP contribution in [0.5, 0.6) is 0 Å². The third-order valence-corrected chi connectivity index (χ3v) is 3.07. The van der Waals surface area contributed by atoms with Gasteiger partial charge in [-0.15, -0.1) is 0 Å². The van der Waals surface area contributed by atoms with Crippen LogP contribution in [-0.4, -0.2) is 5.75 Å². The fourth-order valence-corrected chi connectivity index (χ4v) is 1.97. The molecule has 1 aliphatic rings. The van der Waals surface area contributed by atoms with Gasteiger partial charge in [0.05, 0.1) is 0 Å². The number of rotatable bonds is 6. The van der Waals surface area contributed by atoms with Crippen LogP contribution in [-0.2, 0) is 0 Å². The molecule has 59 valence electrons. The molecule has 0 heterocycles. The highest BCUT2D eigenvalue weighted by atomic mass is 32.2. The molecule has 0 aromatic carbocycles. The standard InChI is InChI=1S/C9H17S/c1-2-3-4-5-8-10-9-6-7-9/h2-8H2,1H3. The summed E-state index contributed by atoms with van der Waals surface area (Å²) in [5.74, 6) is 1.38. The van der Waals surface area contributed by atoms with Gasteiger partial charge < -0.3 is 0 Å². The van der Waals surface area contributed by atoms with E-state index in [0.717, 1.165) is 0 Å². The first-order valence-electron chi connectivity index (χ1n) is 4.41. The van der Waals surface area contributed by atoms with Crippen molar-refractivity contribution < 1.29 is 0 Å². The molecule has 1 rings (SSSR count). The van der Waals surface area contributed by atoms with Crippen molar-refractivity contribution in [2.75, 3.05) is 5.75 Å². The molecule has 1 radical (unpaired) electrons. The third-order valence-electron chi connectivity index (χ3n) is 1.76. The molecule has 0 atom stereocenters. The van der Waals surface area contributed by atoms with Crippen molar-refractivity contribution in [3.05, 3.63) is 5.25 Å². The van der Waals surface area contributed by atoms with Crippen molar-refractivity contribution in [3.8, 4) is 0 Å². The summed E-state index contributed by atoms with van der Waals surface area (Å²) < 4.78 is 0. The van der Waals surface area contributed by atoms with E-state index in [2.05, 4.69) is 18.7 Å². The topological polar surface area (TPSA) is 0 Å². The zero-order valence-electron chi connectivity index (χ0n) is 6.86. The van der Waals surface area contributed by atoms with Crippen LogP contribution in [0.1, 0.15) is 45.4 Å². The van der Waals surface area contributed by atoms with Gasteiger partial charge in [0.15, 0.2) is 0 Å². The minimum absolute atomic E-state index is 1.36. The second kappa shape index (κ2) is 5.06. The van der Waals surface area contributed by atoms with Gasteiger partial charge in [0, 0.05) is 5.25 Å². The molecule has 0 amide bonds. The van der Waals surface area contributed by atoms with E-state index in [1.807, 2.05) is 0 Å². The van der Waals surface area contributed by atoms with Crippen molar-refractivity contribution in [2.24, 2.45) is 0 Å². The van der Waals surface area contributed by atoms with E-state index in [9.17, 15) is 0 Å². The summed E-state index contributed by atoms with van der Waals surface area (Å²) in [6, 6.07) is 0. The first-order chi connectivity index (χ1) is 4.93. The quantitative estimate of drug-likeness (QED) is 0.531. The van der Waals surface area contributed by atoms with E-state index < -0.39 is 0 Å². The summed E-state index contributed by atoms with van der Waals surface area (Å²) in [6.45, 7) is 2.27. The molecule has 0 nitrogen and oxygen atoms in total. The van der Waals surface area contributed by atoms with Crippen LogP contribution in [0, 0.1) is 5.25 Å². The van der Waals surface area contributed by atoms with Crippen LogP contribution in [0.2, 0.25) is 0 Å². The average molecular weight is 157 g/mol. The largest absolute Gasteiger partial charge is 0.154 e. The predicted molar refractivity (Wildman–Crippen MR) is 49.1 cm³/mol. The van der Waals surface area contributed by atoms with Gasteiger partial charge in [0.2, 0.25) is 0 Å². The van der Waals surface area contributed by atoms with Gasteiger partial charge in [-0.1, -0.05) is 26.2 Å². The first kappa shape index (κ1) is 8.45. The highest BCUT2D eigenvalue weighted by Crippen LogP contribution is 2.43. The molecule has 1 saturated carbocycles. The maximum Gasteiger partial charge on any atom is 0.0307 e. The molecule has 0 saturated heterocycles. The van der Waals surface area contributed by atoms with E-state index in [0.29, 0.717) is 0 Å². The lowest BCUT2D eigenvalue weighted by Gasteiger charge is -1.97. The Bertz CT molecular complexity index is 76.8. The molecular weight excluding hydrogens is 140 g/mol. The molecule has 0 aromatic heterocycles. The van der Waals surface area contributed by atoms with Gasteiger partial charge in [0.1, 0.15) is 0 Å². The van der Waals surface area contributed by atoms with Crippen molar-refractivity contribution in [2.45, 2.75) is 45.4 Å². The summed E-state index contributed by atoms with van der Waals surface area (Å²) in [5, 5.41) is 1.75. The zero-order chi connectivity index (χ0) is 7.23. The van der Waals surface area contributed by atoms with Gasteiger partial charge in [-0.3, -0.25) is 0 Å². The molecule has 0 bridgehead atoms. The van der Waals surface area contributed by atoms with E-state index in [4.69, 9.17) is 0 Å². The minimum Gasteiger partial charge on any atom is -0.154 e.